The first-order chi connectivity index (χ1) is 6.74. The summed E-state index contributed by atoms with van der Waals surface area (Å²) in [6, 6.07) is 0.732. The van der Waals surface area contributed by atoms with Crippen molar-refractivity contribution in [3.8, 4) is 0 Å². The summed E-state index contributed by atoms with van der Waals surface area (Å²) in [6.07, 6.45) is 1.64. The Morgan fingerprint density at radius 2 is 2.29 bits per heavy atom. The van der Waals surface area contributed by atoms with Gasteiger partial charge < -0.3 is 10.1 Å². The predicted octanol–water partition coefficient (Wildman–Crippen LogP) is 1.10. The molecule has 3 nitrogen and oxygen atoms in total. The minimum Gasteiger partial charge on any atom is -0.377 e. The zero-order chi connectivity index (χ0) is 10.4. The lowest BCUT2D eigenvalue weighted by Gasteiger charge is -2.26. The van der Waals surface area contributed by atoms with Crippen molar-refractivity contribution in [2.45, 2.75) is 39.3 Å². The minimum atomic E-state index is 0.357. The molecule has 0 aromatic carbocycles. The Kier molecular flexibility index (Phi) is 5.45. The van der Waals surface area contributed by atoms with E-state index in [1.807, 2.05) is 0 Å². The molecule has 3 heteroatoms. The van der Waals surface area contributed by atoms with E-state index in [2.05, 4.69) is 31.0 Å². The topological polar surface area (TPSA) is 24.5 Å². The third-order valence-electron chi connectivity index (χ3n) is 2.79. The zero-order valence-electron chi connectivity index (χ0n) is 9.75. The Labute approximate surface area is 87.8 Å². The summed E-state index contributed by atoms with van der Waals surface area (Å²) in [4.78, 5) is 2.52. The lowest BCUT2D eigenvalue weighted by atomic mass is 10.2. The zero-order valence-corrected chi connectivity index (χ0v) is 9.75. The van der Waals surface area contributed by atoms with E-state index in [0.717, 1.165) is 32.3 Å². The van der Waals surface area contributed by atoms with Crippen LogP contribution in [-0.2, 0) is 4.74 Å². The molecule has 0 bridgehead atoms. The highest BCUT2D eigenvalue weighted by atomic mass is 16.5. The Morgan fingerprint density at radius 3 is 2.79 bits per heavy atom. The number of nitrogens with zero attached hydrogens (tertiary/aromatic N) is 1. The first-order valence-electron chi connectivity index (χ1n) is 5.80. The Hall–Kier alpha value is -0.120. The van der Waals surface area contributed by atoms with Crippen LogP contribution in [0.25, 0.3) is 0 Å². The molecule has 1 aliphatic heterocycles. The smallest absolute Gasteiger partial charge is 0.0597 e. The maximum atomic E-state index is 5.57. The second-order valence-corrected chi connectivity index (χ2v) is 4.19. The standard InChI is InChI=1S/C11H24N2O/c1-4-13(7-8-14-10(2)3)11-5-6-12-9-11/h10-12H,4-9H2,1-3H3. The molecule has 1 N–H and O–H groups in total. The van der Waals surface area contributed by atoms with E-state index < -0.39 is 0 Å². The van der Waals surface area contributed by atoms with Crippen molar-refractivity contribution in [2.75, 3.05) is 32.8 Å². The first kappa shape index (κ1) is 12.0. The summed E-state index contributed by atoms with van der Waals surface area (Å²) in [6.45, 7) is 11.8. The molecule has 14 heavy (non-hydrogen) atoms. The largest absolute Gasteiger partial charge is 0.377 e. The van der Waals surface area contributed by atoms with Crippen molar-refractivity contribution in [3.05, 3.63) is 0 Å². The fourth-order valence-corrected chi connectivity index (χ4v) is 1.96. The van der Waals surface area contributed by atoms with Crippen LogP contribution in [0.3, 0.4) is 0 Å². The van der Waals surface area contributed by atoms with E-state index in [1.54, 1.807) is 0 Å². The van der Waals surface area contributed by atoms with Crippen LogP contribution in [0.5, 0.6) is 0 Å². The quantitative estimate of drug-likeness (QED) is 0.695. The number of hydrogen-bond donors (Lipinski definition) is 1. The summed E-state index contributed by atoms with van der Waals surface area (Å²) in [5.41, 5.74) is 0. The minimum absolute atomic E-state index is 0.357. The van der Waals surface area contributed by atoms with Gasteiger partial charge >= 0.3 is 0 Å². The number of hydrogen-bond acceptors (Lipinski definition) is 3. The van der Waals surface area contributed by atoms with Crippen molar-refractivity contribution in [3.63, 3.8) is 0 Å². The highest BCUT2D eigenvalue weighted by Gasteiger charge is 2.20. The van der Waals surface area contributed by atoms with Gasteiger partial charge in [0.15, 0.2) is 0 Å². The molecule has 84 valence electrons. The molecule has 1 fully saturated rings. The van der Waals surface area contributed by atoms with Gasteiger partial charge in [0.1, 0.15) is 0 Å². The van der Waals surface area contributed by atoms with Gasteiger partial charge in [-0.15, -0.1) is 0 Å². The van der Waals surface area contributed by atoms with Gasteiger partial charge in [0.05, 0.1) is 12.7 Å². The van der Waals surface area contributed by atoms with Crippen molar-refractivity contribution in [1.29, 1.82) is 0 Å². The summed E-state index contributed by atoms with van der Waals surface area (Å²) >= 11 is 0. The number of nitrogens with one attached hydrogen (secondary N) is 1. The predicted molar refractivity (Wildman–Crippen MR) is 59.6 cm³/mol. The van der Waals surface area contributed by atoms with Crippen molar-refractivity contribution in [1.82, 2.24) is 10.2 Å². The van der Waals surface area contributed by atoms with E-state index in [9.17, 15) is 0 Å². The summed E-state index contributed by atoms with van der Waals surface area (Å²) in [5.74, 6) is 0. The van der Waals surface area contributed by atoms with Crippen LogP contribution in [0.2, 0.25) is 0 Å². The average Bonchev–Trinajstić information content (AvgIpc) is 2.64. The maximum Gasteiger partial charge on any atom is 0.0597 e. The molecule has 0 amide bonds. The molecule has 1 heterocycles. The molecule has 0 aromatic heterocycles. The summed E-state index contributed by atoms with van der Waals surface area (Å²) in [5, 5.41) is 3.40. The van der Waals surface area contributed by atoms with Gasteiger partial charge in [-0.2, -0.15) is 0 Å². The lowest BCUT2D eigenvalue weighted by molar-refractivity contribution is 0.0521. The molecule has 0 aromatic rings. The first-order valence-corrected chi connectivity index (χ1v) is 5.80. The SMILES string of the molecule is CCN(CCOC(C)C)C1CCNC1. The number of ether oxygens (including phenoxy) is 1. The molecule has 1 aliphatic rings. The molecule has 1 saturated heterocycles. The monoisotopic (exact) mass is 200 g/mol. The van der Waals surface area contributed by atoms with Crippen LogP contribution in [0.4, 0.5) is 0 Å². The molecular formula is C11H24N2O. The van der Waals surface area contributed by atoms with Gasteiger partial charge in [0, 0.05) is 19.1 Å². The number of likely N-dealkylation sites (N-methyl/N-ethyl adjacent to an activating group) is 1. The normalized spacial score (nSPS) is 22.5. The average molecular weight is 200 g/mol. The van der Waals surface area contributed by atoms with Crippen LogP contribution < -0.4 is 5.32 Å². The fourth-order valence-electron chi connectivity index (χ4n) is 1.96. The summed E-state index contributed by atoms with van der Waals surface area (Å²) in [7, 11) is 0. The second-order valence-electron chi connectivity index (χ2n) is 4.19. The van der Waals surface area contributed by atoms with Crippen molar-refractivity contribution >= 4 is 0 Å². The Bertz CT molecular complexity index is 144. The van der Waals surface area contributed by atoms with Gasteiger partial charge in [0.25, 0.3) is 0 Å². The summed E-state index contributed by atoms with van der Waals surface area (Å²) < 4.78 is 5.57. The molecular weight excluding hydrogens is 176 g/mol. The lowest BCUT2D eigenvalue weighted by Crippen LogP contribution is -2.39. The van der Waals surface area contributed by atoms with Crippen LogP contribution >= 0.6 is 0 Å². The van der Waals surface area contributed by atoms with E-state index in [1.165, 1.54) is 13.0 Å². The molecule has 1 unspecified atom stereocenters. The third kappa shape index (κ3) is 3.95. The van der Waals surface area contributed by atoms with Crippen LogP contribution in [-0.4, -0.2) is 49.8 Å². The van der Waals surface area contributed by atoms with E-state index in [4.69, 9.17) is 4.74 Å². The van der Waals surface area contributed by atoms with Crippen molar-refractivity contribution in [2.24, 2.45) is 0 Å². The molecule has 0 saturated carbocycles. The van der Waals surface area contributed by atoms with E-state index in [-0.39, 0.29) is 0 Å². The van der Waals surface area contributed by atoms with Crippen LogP contribution in [0.1, 0.15) is 27.2 Å². The van der Waals surface area contributed by atoms with E-state index in [0.29, 0.717) is 6.10 Å². The second kappa shape index (κ2) is 6.38. The molecule has 1 atom stereocenters. The molecule has 0 aliphatic carbocycles. The van der Waals surface area contributed by atoms with E-state index >= 15 is 0 Å². The molecule has 0 spiro atoms. The highest BCUT2D eigenvalue weighted by Crippen LogP contribution is 2.07. The van der Waals surface area contributed by atoms with Crippen LogP contribution in [0, 0.1) is 0 Å². The van der Waals surface area contributed by atoms with Crippen molar-refractivity contribution < 1.29 is 4.74 Å². The van der Waals surface area contributed by atoms with Gasteiger partial charge in [0.2, 0.25) is 0 Å². The highest BCUT2D eigenvalue weighted by molar-refractivity contribution is 4.79. The maximum absolute atomic E-state index is 5.57. The fraction of sp³-hybridized carbons (Fsp3) is 1.00. The van der Waals surface area contributed by atoms with Crippen LogP contribution in [0.15, 0.2) is 0 Å². The molecule has 0 radical (unpaired) electrons. The van der Waals surface area contributed by atoms with Gasteiger partial charge in [-0.25, -0.2) is 0 Å². The Morgan fingerprint density at radius 1 is 1.50 bits per heavy atom. The van der Waals surface area contributed by atoms with Gasteiger partial charge in [-0.05, 0) is 33.4 Å². The number of rotatable bonds is 6. The van der Waals surface area contributed by atoms with Gasteiger partial charge in [-0.3, -0.25) is 4.90 Å². The Balaban J connectivity index is 2.17. The van der Waals surface area contributed by atoms with Gasteiger partial charge in [-0.1, -0.05) is 6.92 Å². The third-order valence-corrected chi connectivity index (χ3v) is 2.79. The molecule has 1 rings (SSSR count).